The highest BCUT2D eigenvalue weighted by atomic mass is 35.5. The predicted octanol–water partition coefficient (Wildman–Crippen LogP) is 2.03. The van der Waals surface area contributed by atoms with Gasteiger partial charge in [-0.1, -0.05) is 6.07 Å². The van der Waals surface area contributed by atoms with Crippen LogP contribution in [-0.2, 0) is 9.61 Å². The first kappa shape index (κ1) is 8.26. The van der Waals surface area contributed by atoms with Crippen LogP contribution in [0.1, 0.15) is 5.56 Å². The molecular formula is C10H9ClN2O. The minimum atomic E-state index is -0.320. The van der Waals surface area contributed by atoms with Crippen molar-refractivity contribution < 1.29 is 4.74 Å². The van der Waals surface area contributed by atoms with E-state index in [0.29, 0.717) is 13.2 Å². The Labute approximate surface area is 86.0 Å². The fourth-order valence-electron chi connectivity index (χ4n) is 1.66. The number of nitrogens with zero attached hydrogens (tertiary/aromatic N) is 1. The maximum atomic E-state index is 6.34. The molecule has 1 aliphatic rings. The van der Waals surface area contributed by atoms with Gasteiger partial charge in [-0.15, -0.1) is 11.6 Å². The molecule has 0 spiro atoms. The molecule has 72 valence electrons. The molecule has 1 aromatic heterocycles. The number of imidazole rings is 1. The molecule has 3 rings (SSSR count). The summed E-state index contributed by atoms with van der Waals surface area (Å²) in [5.74, 6) is 0. The second-order valence-corrected chi connectivity index (χ2v) is 4.32. The van der Waals surface area contributed by atoms with Crippen LogP contribution in [0.2, 0.25) is 0 Å². The van der Waals surface area contributed by atoms with Gasteiger partial charge >= 0.3 is 0 Å². The molecule has 0 amide bonds. The summed E-state index contributed by atoms with van der Waals surface area (Å²) in [6.07, 6.45) is 1.69. The van der Waals surface area contributed by atoms with Crippen LogP contribution in [0, 0.1) is 0 Å². The summed E-state index contributed by atoms with van der Waals surface area (Å²) in [7, 11) is 0. The SMILES string of the molecule is ClC1(c2ccc3nc[nH]c3c2)COC1. The van der Waals surface area contributed by atoms with Gasteiger partial charge in [-0.2, -0.15) is 0 Å². The third kappa shape index (κ3) is 1.06. The van der Waals surface area contributed by atoms with Crippen LogP contribution >= 0.6 is 11.6 Å². The minimum Gasteiger partial charge on any atom is -0.377 e. The van der Waals surface area contributed by atoms with Crippen molar-refractivity contribution in [2.24, 2.45) is 0 Å². The van der Waals surface area contributed by atoms with Crippen LogP contribution in [0.4, 0.5) is 0 Å². The van der Waals surface area contributed by atoms with E-state index in [1.165, 1.54) is 0 Å². The van der Waals surface area contributed by atoms with Crippen molar-refractivity contribution in [3.63, 3.8) is 0 Å². The first-order valence-electron chi connectivity index (χ1n) is 4.48. The molecule has 4 heteroatoms. The number of nitrogens with one attached hydrogen (secondary N) is 1. The van der Waals surface area contributed by atoms with Gasteiger partial charge < -0.3 is 9.72 Å². The lowest BCUT2D eigenvalue weighted by Crippen LogP contribution is -2.41. The number of ether oxygens (including phenoxy) is 1. The van der Waals surface area contributed by atoms with E-state index in [1.807, 2.05) is 18.2 Å². The van der Waals surface area contributed by atoms with Crippen LogP contribution in [0.3, 0.4) is 0 Å². The summed E-state index contributed by atoms with van der Waals surface area (Å²) in [5.41, 5.74) is 3.09. The number of rotatable bonds is 1. The molecule has 2 aromatic rings. The first-order valence-corrected chi connectivity index (χ1v) is 4.86. The van der Waals surface area contributed by atoms with Crippen molar-refractivity contribution in [3.8, 4) is 0 Å². The van der Waals surface area contributed by atoms with Crippen molar-refractivity contribution >= 4 is 22.6 Å². The van der Waals surface area contributed by atoms with Crippen molar-refractivity contribution in [2.75, 3.05) is 13.2 Å². The van der Waals surface area contributed by atoms with Crippen molar-refractivity contribution in [3.05, 3.63) is 30.1 Å². The number of aromatic nitrogens is 2. The largest absolute Gasteiger partial charge is 0.377 e. The Balaban J connectivity index is 2.13. The van der Waals surface area contributed by atoms with Gasteiger partial charge in [-0.3, -0.25) is 0 Å². The van der Waals surface area contributed by atoms with Crippen molar-refractivity contribution in [2.45, 2.75) is 4.87 Å². The van der Waals surface area contributed by atoms with E-state index < -0.39 is 0 Å². The number of H-pyrrole nitrogens is 1. The van der Waals surface area contributed by atoms with E-state index in [1.54, 1.807) is 6.33 Å². The second-order valence-electron chi connectivity index (χ2n) is 3.59. The fourth-order valence-corrected chi connectivity index (χ4v) is 1.93. The number of halogens is 1. The molecule has 1 N–H and O–H groups in total. The van der Waals surface area contributed by atoms with E-state index in [2.05, 4.69) is 9.97 Å². The Kier molecular flexibility index (Phi) is 1.60. The Morgan fingerprint density at radius 2 is 2.29 bits per heavy atom. The number of hydrogen-bond donors (Lipinski definition) is 1. The third-order valence-corrected chi connectivity index (χ3v) is 3.04. The molecular weight excluding hydrogens is 200 g/mol. The first-order chi connectivity index (χ1) is 6.78. The molecule has 0 radical (unpaired) electrons. The van der Waals surface area contributed by atoms with E-state index in [9.17, 15) is 0 Å². The van der Waals surface area contributed by atoms with Crippen LogP contribution in [0.5, 0.6) is 0 Å². The van der Waals surface area contributed by atoms with E-state index >= 15 is 0 Å². The molecule has 3 nitrogen and oxygen atoms in total. The zero-order valence-electron chi connectivity index (χ0n) is 7.46. The molecule has 14 heavy (non-hydrogen) atoms. The molecule has 0 saturated carbocycles. The molecule has 2 heterocycles. The lowest BCUT2D eigenvalue weighted by molar-refractivity contribution is -0.0151. The lowest BCUT2D eigenvalue weighted by Gasteiger charge is -2.35. The molecule has 0 bridgehead atoms. The molecule has 0 aliphatic carbocycles. The molecule has 0 atom stereocenters. The van der Waals surface area contributed by atoms with E-state index in [0.717, 1.165) is 16.6 Å². The highest BCUT2D eigenvalue weighted by molar-refractivity contribution is 6.24. The average molecular weight is 209 g/mol. The molecule has 1 aliphatic heterocycles. The summed E-state index contributed by atoms with van der Waals surface area (Å²) in [4.78, 5) is 6.91. The topological polar surface area (TPSA) is 37.9 Å². The Hall–Kier alpha value is -1.06. The van der Waals surface area contributed by atoms with E-state index in [-0.39, 0.29) is 4.87 Å². The van der Waals surface area contributed by atoms with Gasteiger partial charge in [0.1, 0.15) is 4.87 Å². The van der Waals surface area contributed by atoms with Gasteiger partial charge in [-0.25, -0.2) is 4.98 Å². The van der Waals surface area contributed by atoms with Crippen LogP contribution in [-0.4, -0.2) is 23.2 Å². The monoisotopic (exact) mass is 208 g/mol. The van der Waals surface area contributed by atoms with Crippen molar-refractivity contribution in [1.29, 1.82) is 0 Å². The zero-order valence-corrected chi connectivity index (χ0v) is 8.21. The summed E-state index contributed by atoms with van der Waals surface area (Å²) in [5, 5.41) is 0. The van der Waals surface area contributed by atoms with Crippen LogP contribution in [0.25, 0.3) is 11.0 Å². The van der Waals surface area contributed by atoms with Gasteiger partial charge in [-0.05, 0) is 17.7 Å². The summed E-state index contributed by atoms with van der Waals surface area (Å²) >= 11 is 6.34. The summed E-state index contributed by atoms with van der Waals surface area (Å²) in [6, 6.07) is 6.03. The van der Waals surface area contributed by atoms with Gasteiger partial charge in [0.05, 0.1) is 30.6 Å². The maximum Gasteiger partial charge on any atom is 0.116 e. The van der Waals surface area contributed by atoms with Gasteiger partial charge in [0.25, 0.3) is 0 Å². The van der Waals surface area contributed by atoms with Crippen LogP contribution < -0.4 is 0 Å². The number of aromatic amines is 1. The number of fused-ring (bicyclic) bond motifs is 1. The van der Waals surface area contributed by atoms with Crippen molar-refractivity contribution in [1.82, 2.24) is 9.97 Å². The summed E-state index contributed by atoms with van der Waals surface area (Å²) in [6.45, 7) is 1.18. The Morgan fingerprint density at radius 1 is 1.43 bits per heavy atom. The highest BCUT2D eigenvalue weighted by Gasteiger charge is 2.38. The van der Waals surface area contributed by atoms with Gasteiger partial charge in [0.2, 0.25) is 0 Å². The quantitative estimate of drug-likeness (QED) is 0.729. The summed E-state index contributed by atoms with van der Waals surface area (Å²) < 4.78 is 5.13. The Morgan fingerprint density at radius 3 is 3.00 bits per heavy atom. The molecule has 1 fully saturated rings. The second kappa shape index (κ2) is 2.72. The van der Waals surface area contributed by atoms with Gasteiger partial charge in [0, 0.05) is 0 Å². The zero-order chi connectivity index (χ0) is 9.60. The third-order valence-electron chi connectivity index (χ3n) is 2.60. The van der Waals surface area contributed by atoms with Gasteiger partial charge in [0.15, 0.2) is 0 Å². The number of hydrogen-bond acceptors (Lipinski definition) is 2. The molecule has 1 saturated heterocycles. The molecule has 1 aromatic carbocycles. The fraction of sp³-hybridized carbons (Fsp3) is 0.300. The normalized spacial score (nSPS) is 19.5. The smallest absolute Gasteiger partial charge is 0.116 e. The Bertz CT molecular complexity index is 476. The number of alkyl halides is 1. The van der Waals surface area contributed by atoms with E-state index in [4.69, 9.17) is 16.3 Å². The predicted molar refractivity (Wildman–Crippen MR) is 54.4 cm³/mol. The molecule has 0 unspecified atom stereocenters. The number of benzene rings is 1. The lowest BCUT2D eigenvalue weighted by atomic mass is 9.96. The van der Waals surface area contributed by atoms with Crippen LogP contribution in [0.15, 0.2) is 24.5 Å². The standard InChI is InChI=1S/C10H9ClN2O/c11-10(4-14-5-10)7-1-2-8-9(3-7)13-6-12-8/h1-3,6H,4-5H2,(H,12,13). The average Bonchev–Trinajstić information content (AvgIpc) is 2.60. The maximum absolute atomic E-state index is 6.34. The minimum absolute atomic E-state index is 0.320. The highest BCUT2D eigenvalue weighted by Crippen LogP contribution is 2.37.